The van der Waals surface area contributed by atoms with E-state index < -0.39 is 94.4 Å². The first-order valence-corrected chi connectivity index (χ1v) is 20.8. The van der Waals surface area contributed by atoms with E-state index in [-0.39, 0.29) is 50.1 Å². The van der Waals surface area contributed by atoms with Crippen molar-refractivity contribution in [3.8, 4) is 0 Å². The Morgan fingerprint density at radius 3 is 1.34 bits per heavy atom. The highest BCUT2D eigenvalue weighted by Gasteiger charge is 2.58. The molecule has 5 rings (SSSR count). The Bertz CT molecular complexity index is 1520. The van der Waals surface area contributed by atoms with Crippen molar-refractivity contribution in [1.82, 2.24) is 0 Å². The summed E-state index contributed by atoms with van der Waals surface area (Å²) in [5.41, 5.74) is -0.343. The molecule has 0 aromatic carbocycles. The number of carboxylic acids is 2. The lowest BCUT2D eigenvalue weighted by Crippen LogP contribution is -2.55. The van der Waals surface area contributed by atoms with E-state index in [4.69, 9.17) is 28.4 Å². The minimum atomic E-state index is -1.56. The quantitative estimate of drug-likeness (QED) is 0.181. The summed E-state index contributed by atoms with van der Waals surface area (Å²) in [5, 5.41) is 20.0. The molecular weight excluding hydrogens is 752 g/mol. The molecule has 4 aliphatic carbocycles. The molecule has 6 unspecified atom stereocenters. The maximum absolute atomic E-state index is 14.1. The van der Waals surface area contributed by atoms with Gasteiger partial charge in [-0.25, -0.2) is 9.59 Å². The van der Waals surface area contributed by atoms with Gasteiger partial charge in [-0.15, -0.1) is 0 Å². The molecule has 4 saturated carbocycles. The van der Waals surface area contributed by atoms with E-state index in [1.54, 1.807) is 0 Å². The Labute approximate surface area is 341 Å². The summed E-state index contributed by atoms with van der Waals surface area (Å²) in [6.45, 7) is 16.9. The maximum atomic E-state index is 14.1. The fraction of sp³-hybridized carbons (Fsp3) is 0.773. The van der Waals surface area contributed by atoms with E-state index in [1.807, 2.05) is 13.8 Å². The molecule has 324 valence electrons. The second-order valence-corrected chi connectivity index (χ2v) is 18.8. The minimum absolute atomic E-state index is 0.0485. The highest BCUT2D eigenvalue weighted by molar-refractivity contribution is 5.88. The van der Waals surface area contributed by atoms with E-state index in [1.165, 1.54) is 0 Å². The standard InChI is InChI=1S/C44H64O14/c1-25-11-13-31-41(3)15-9-17-43(31,5)29(25)21-55-35(39(51)53-7)27(19-33(45)46)37(49)58-24-42(4)16-10-18-44(6)30(26(2)12-14-32(42)44)22-56-36(40(52)54-8)28(20-34(47)48)38(50)57-23-41/h27-32,35-36H,1-2,9-24H2,3-8H3,(H,45,46)(H,47,48)/t27?,28?,29-,30-,31?,32?,35?,36?,41-,42-,43+,44+/m0/s1. The average molecular weight is 817 g/mol. The van der Waals surface area contributed by atoms with Crippen LogP contribution in [0.15, 0.2) is 24.3 Å². The molecule has 0 amide bonds. The van der Waals surface area contributed by atoms with Gasteiger partial charge in [0.05, 0.1) is 53.5 Å². The van der Waals surface area contributed by atoms with Gasteiger partial charge in [-0.1, -0.05) is 64.8 Å². The molecule has 8 bridgehead atoms. The van der Waals surface area contributed by atoms with Crippen LogP contribution in [0.3, 0.4) is 0 Å². The third-order valence-electron chi connectivity index (χ3n) is 15.3. The largest absolute Gasteiger partial charge is 0.481 e. The molecule has 58 heavy (non-hydrogen) atoms. The van der Waals surface area contributed by atoms with Crippen molar-refractivity contribution < 1.29 is 67.4 Å². The second kappa shape index (κ2) is 17.8. The first kappa shape index (κ1) is 45.3. The second-order valence-electron chi connectivity index (χ2n) is 18.8. The highest BCUT2D eigenvalue weighted by Crippen LogP contribution is 2.62. The van der Waals surface area contributed by atoms with Gasteiger partial charge in [0, 0.05) is 22.7 Å². The zero-order chi connectivity index (χ0) is 42.8. The number of ether oxygens (including phenoxy) is 6. The van der Waals surface area contributed by atoms with Gasteiger partial charge < -0.3 is 38.6 Å². The molecule has 1 saturated heterocycles. The van der Waals surface area contributed by atoms with Crippen molar-refractivity contribution >= 4 is 35.8 Å². The van der Waals surface area contributed by atoms with Gasteiger partial charge in [-0.2, -0.15) is 0 Å². The molecule has 2 N–H and O–H groups in total. The molecule has 0 aromatic heterocycles. The molecule has 1 heterocycles. The molecule has 0 spiro atoms. The Hall–Kier alpha value is -3.78. The third kappa shape index (κ3) is 8.88. The predicted octanol–water partition coefficient (Wildman–Crippen LogP) is 5.94. The molecule has 14 nitrogen and oxygen atoms in total. The van der Waals surface area contributed by atoms with Crippen LogP contribution in [0.5, 0.6) is 0 Å². The fourth-order valence-electron chi connectivity index (χ4n) is 12.1. The lowest BCUT2D eigenvalue weighted by Gasteiger charge is -2.58. The Morgan fingerprint density at radius 1 is 0.655 bits per heavy atom. The van der Waals surface area contributed by atoms with Gasteiger partial charge in [0.1, 0.15) is 11.8 Å². The van der Waals surface area contributed by atoms with E-state index in [0.717, 1.165) is 51.0 Å². The molecule has 14 heteroatoms. The van der Waals surface area contributed by atoms with Crippen LogP contribution < -0.4 is 0 Å². The van der Waals surface area contributed by atoms with Gasteiger partial charge in [-0.3, -0.25) is 19.2 Å². The number of methoxy groups -OCH3 is 2. The molecule has 5 fully saturated rings. The highest BCUT2D eigenvalue weighted by atomic mass is 16.6. The number of carbonyl (C=O) groups is 6. The number of hydrogen-bond acceptors (Lipinski definition) is 12. The zero-order valence-electron chi connectivity index (χ0n) is 35.1. The van der Waals surface area contributed by atoms with Gasteiger partial charge in [0.25, 0.3) is 0 Å². The normalized spacial score (nSPS) is 40.4. The van der Waals surface area contributed by atoms with E-state index in [2.05, 4.69) is 27.0 Å². The van der Waals surface area contributed by atoms with E-state index in [9.17, 15) is 39.0 Å². The van der Waals surface area contributed by atoms with Gasteiger partial charge in [0.2, 0.25) is 0 Å². The van der Waals surface area contributed by atoms with Crippen LogP contribution >= 0.6 is 0 Å². The van der Waals surface area contributed by atoms with Crippen LogP contribution in [-0.2, 0) is 57.2 Å². The lowest BCUT2D eigenvalue weighted by atomic mass is 9.47. The molecule has 0 radical (unpaired) electrons. The van der Waals surface area contributed by atoms with Crippen LogP contribution in [0.2, 0.25) is 0 Å². The molecule has 1 aliphatic heterocycles. The van der Waals surface area contributed by atoms with Crippen molar-refractivity contribution in [3.05, 3.63) is 24.3 Å². The Morgan fingerprint density at radius 2 is 1.02 bits per heavy atom. The molecule has 5 aliphatic rings. The van der Waals surface area contributed by atoms with Crippen LogP contribution in [0.1, 0.15) is 105 Å². The van der Waals surface area contributed by atoms with Gasteiger partial charge >= 0.3 is 35.8 Å². The number of carboxylic acid groups (broad SMARTS) is 2. The Kier molecular flexibility index (Phi) is 13.9. The summed E-state index contributed by atoms with van der Waals surface area (Å²) in [6, 6.07) is 0. The lowest BCUT2D eigenvalue weighted by molar-refractivity contribution is -0.185. The van der Waals surface area contributed by atoms with Gasteiger partial charge in [0.15, 0.2) is 12.2 Å². The SMILES string of the molecule is C=C1CCC2[C@@]3(C)CCC[C@]2(C)[C@H]1COC(C(=O)OC)C(CC(=O)O)C(=O)OC[C@]1(C)CCC[C@@]2(C)C1CCC(=C)[C@@H]2COC(C(=O)OC)C(CC(=O)O)C(=O)OC3. The number of carbonyl (C=O) groups excluding carboxylic acids is 4. The van der Waals surface area contributed by atoms with E-state index in [0.29, 0.717) is 38.5 Å². The van der Waals surface area contributed by atoms with E-state index >= 15 is 0 Å². The topological polar surface area (TPSA) is 198 Å². The molecule has 12 atom stereocenters. The number of esters is 4. The number of rotatable bonds is 6. The fourth-order valence-corrected chi connectivity index (χ4v) is 12.1. The first-order valence-electron chi connectivity index (χ1n) is 20.8. The first-order chi connectivity index (χ1) is 27.2. The monoisotopic (exact) mass is 816 g/mol. The van der Waals surface area contributed by atoms with Crippen molar-refractivity contribution in [1.29, 1.82) is 0 Å². The predicted molar refractivity (Wildman–Crippen MR) is 208 cm³/mol. The Balaban J connectivity index is 1.59. The van der Waals surface area contributed by atoms with Crippen LogP contribution in [0.25, 0.3) is 0 Å². The maximum Gasteiger partial charge on any atom is 0.335 e. The van der Waals surface area contributed by atoms with Gasteiger partial charge in [-0.05, 0) is 74.0 Å². The molecule has 0 aromatic rings. The van der Waals surface area contributed by atoms with Crippen molar-refractivity contribution in [3.63, 3.8) is 0 Å². The van der Waals surface area contributed by atoms with Crippen LogP contribution in [0.4, 0.5) is 0 Å². The van der Waals surface area contributed by atoms with Crippen molar-refractivity contribution in [2.75, 3.05) is 40.6 Å². The number of aliphatic carboxylic acids is 2. The summed E-state index contributed by atoms with van der Waals surface area (Å²) in [4.78, 5) is 79.5. The average Bonchev–Trinajstić information content (AvgIpc) is 3.15. The number of cyclic esters (lactones) is 2. The van der Waals surface area contributed by atoms with Crippen molar-refractivity contribution in [2.24, 2.45) is 57.2 Å². The smallest absolute Gasteiger partial charge is 0.335 e. The zero-order valence-corrected chi connectivity index (χ0v) is 35.1. The summed E-state index contributed by atoms with van der Waals surface area (Å²) in [5.74, 6) is -9.80. The summed E-state index contributed by atoms with van der Waals surface area (Å²) in [6.07, 6.45) is 2.48. The van der Waals surface area contributed by atoms with Crippen LogP contribution in [0, 0.1) is 57.2 Å². The number of hydrogen-bond donors (Lipinski definition) is 2. The van der Waals surface area contributed by atoms with Crippen molar-refractivity contribution in [2.45, 2.75) is 117 Å². The van der Waals surface area contributed by atoms with Crippen LogP contribution in [-0.4, -0.2) is 98.9 Å². The summed E-state index contributed by atoms with van der Waals surface area (Å²) < 4.78 is 35.0. The minimum Gasteiger partial charge on any atom is -0.481 e. The summed E-state index contributed by atoms with van der Waals surface area (Å²) >= 11 is 0. The third-order valence-corrected chi connectivity index (χ3v) is 15.3. The molecular formula is C44H64O14. The summed E-state index contributed by atoms with van der Waals surface area (Å²) in [7, 11) is 2.33.